The van der Waals surface area contributed by atoms with Gasteiger partial charge in [-0.25, -0.2) is 18.4 Å². The van der Waals surface area contributed by atoms with Crippen LogP contribution in [-0.4, -0.2) is 104 Å². The third-order valence-corrected chi connectivity index (χ3v) is 14.1. The lowest BCUT2D eigenvalue weighted by atomic mass is 9.99. The van der Waals surface area contributed by atoms with Crippen molar-refractivity contribution >= 4 is 67.2 Å². The smallest absolute Gasteiger partial charge is 0.293 e. The number of aromatic nitrogens is 2. The summed E-state index contributed by atoms with van der Waals surface area (Å²) < 4.78 is 35.8. The number of fused-ring (bicyclic) bond motifs is 1. The van der Waals surface area contributed by atoms with E-state index >= 15 is 0 Å². The first-order valence-electron chi connectivity index (χ1n) is 20.7. The molecule has 0 spiro atoms. The van der Waals surface area contributed by atoms with Crippen molar-refractivity contribution in [1.29, 1.82) is 0 Å². The van der Waals surface area contributed by atoms with E-state index in [4.69, 9.17) is 16.3 Å². The van der Waals surface area contributed by atoms with Gasteiger partial charge in [0.1, 0.15) is 12.0 Å². The van der Waals surface area contributed by atoms with Gasteiger partial charge >= 0.3 is 0 Å². The van der Waals surface area contributed by atoms with Gasteiger partial charge in [0.25, 0.3) is 15.7 Å². The van der Waals surface area contributed by atoms with Crippen LogP contribution in [0.4, 0.5) is 22.9 Å². The number of halogens is 1. The van der Waals surface area contributed by atoms with Gasteiger partial charge in [0, 0.05) is 91.2 Å². The Morgan fingerprint density at radius 1 is 0.871 bits per heavy atom. The molecule has 0 saturated carbocycles. The number of rotatable bonds is 16. The molecule has 1 aromatic heterocycles. The molecule has 16 heteroatoms. The maximum absolute atomic E-state index is 13.9. The Labute approximate surface area is 371 Å². The quantitative estimate of drug-likeness (QED) is 0.0545. The van der Waals surface area contributed by atoms with Gasteiger partial charge in [-0.1, -0.05) is 65.7 Å². The Morgan fingerprint density at radius 2 is 1.65 bits per heavy atom. The standard InChI is InChI=1S/C46H49ClN8O5S2/c1-33-7-11-39(12-8-33)61-31-37(17-18-52-23-25-60-26-24-52)50-43-16-13-40(29-45(43)55(56)57)62(58,59)51-46-42-15-10-38(28-44(42)48-32-49-46)54-21-19-53(20-22-54)30-35-27-36(47)9-14-41(35)34-5-3-2-4-6-34/h2-16,27-29,32,37,50H,17-26,30-31H2,1H3,(H,48,49,51). The number of nitrogens with one attached hydrogen (secondary N) is 2. The van der Waals surface area contributed by atoms with Crippen LogP contribution in [0.15, 0.2) is 125 Å². The van der Waals surface area contributed by atoms with Crippen LogP contribution in [-0.2, 0) is 21.3 Å². The van der Waals surface area contributed by atoms with Crippen LogP contribution >= 0.6 is 23.4 Å². The first-order valence-corrected chi connectivity index (χ1v) is 23.6. The zero-order chi connectivity index (χ0) is 43.1. The molecule has 322 valence electrons. The summed E-state index contributed by atoms with van der Waals surface area (Å²) in [6.45, 7) is 9.91. The summed E-state index contributed by atoms with van der Waals surface area (Å²) in [7, 11) is -4.29. The van der Waals surface area contributed by atoms with Crippen molar-refractivity contribution in [2.45, 2.75) is 35.7 Å². The lowest BCUT2D eigenvalue weighted by Crippen LogP contribution is -2.46. The number of nitrogens with zero attached hydrogens (tertiary/aromatic N) is 6. The molecular weight excluding hydrogens is 844 g/mol. The highest BCUT2D eigenvalue weighted by atomic mass is 35.5. The molecule has 0 bridgehead atoms. The number of ether oxygens (including phenoxy) is 1. The largest absolute Gasteiger partial charge is 0.379 e. The number of piperazine rings is 1. The van der Waals surface area contributed by atoms with E-state index in [9.17, 15) is 18.5 Å². The third kappa shape index (κ3) is 10.8. The Hall–Kier alpha value is -5.29. The van der Waals surface area contributed by atoms with E-state index in [0.717, 1.165) is 81.0 Å². The van der Waals surface area contributed by atoms with Crippen LogP contribution in [0.2, 0.25) is 5.02 Å². The molecule has 0 amide bonds. The Kier molecular flexibility index (Phi) is 13.9. The minimum atomic E-state index is -4.29. The van der Waals surface area contributed by atoms with Crippen LogP contribution in [0.1, 0.15) is 17.5 Å². The van der Waals surface area contributed by atoms with E-state index in [0.29, 0.717) is 34.9 Å². The zero-order valence-electron chi connectivity index (χ0n) is 34.5. The molecule has 8 rings (SSSR count). The molecule has 2 aliphatic rings. The van der Waals surface area contributed by atoms with E-state index in [1.54, 1.807) is 11.8 Å². The molecule has 2 aliphatic heterocycles. The third-order valence-electron chi connectivity index (χ3n) is 11.3. The number of nitro benzene ring substituents is 1. The molecule has 3 heterocycles. The average Bonchev–Trinajstić information content (AvgIpc) is 3.28. The summed E-state index contributed by atoms with van der Waals surface area (Å²) in [6.07, 6.45) is 2.05. The maximum atomic E-state index is 13.9. The van der Waals surface area contributed by atoms with Gasteiger partial charge in [0.15, 0.2) is 5.82 Å². The van der Waals surface area contributed by atoms with Crippen molar-refractivity contribution in [3.05, 3.63) is 142 Å². The van der Waals surface area contributed by atoms with Gasteiger partial charge in [-0.15, -0.1) is 11.8 Å². The van der Waals surface area contributed by atoms with Crippen LogP contribution in [0.25, 0.3) is 22.0 Å². The summed E-state index contributed by atoms with van der Waals surface area (Å²) in [6, 6.07) is 34.2. The second kappa shape index (κ2) is 19.8. The number of sulfonamides is 1. The Morgan fingerprint density at radius 3 is 2.40 bits per heavy atom. The minimum Gasteiger partial charge on any atom is -0.379 e. The molecule has 13 nitrogen and oxygen atoms in total. The molecule has 62 heavy (non-hydrogen) atoms. The van der Waals surface area contributed by atoms with Crippen LogP contribution in [0, 0.1) is 17.0 Å². The molecular formula is C46H49ClN8O5S2. The number of benzene rings is 5. The molecule has 1 atom stereocenters. The predicted octanol–water partition coefficient (Wildman–Crippen LogP) is 8.58. The van der Waals surface area contributed by atoms with Crippen molar-refractivity contribution in [3.8, 4) is 11.1 Å². The van der Waals surface area contributed by atoms with Gasteiger partial charge in [-0.2, -0.15) is 0 Å². The van der Waals surface area contributed by atoms with Crippen molar-refractivity contribution in [2.75, 3.05) is 79.7 Å². The van der Waals surface area contributed by atoms with Crippen LogP contribution in [0.5, 0.6) is 0 Å². The van der Waals surface area contributed by atoms with Gasteiger partial charge in [-0.05, 0) is 84.6 Å². The first kappa shape index (κ1) is 43.4. The lowest BCUT2D eigenvalue weighted by molar-refractivity contribution is -0.384. The summed E-state index contributed by atoms with van der Waals surface area (Å²) in [5.41, 5.74) is 6.16. The molecule has 0 aliphatic carbocycles. The number of aryl methyl sites for hydroxylation is 1. The van der Waals surface area contributed by atoms with E-state index in [2.05, 4.69) is 83.2 Å². The van der Waals surface area contributed by atoms with E-state index in [-0.39, 0.29) is 28.1 Å². The summed E-state index contributed by atoms with van der Waals surface area (Å²) in [5, 5.41) is 17.1. The van der Waals surface area contributed by atoms with Crippen LogP contribution in [0.3, 0.4) is 0 Å². The van der Waals surface area contributed by atoms with Gasteiger partial charge in [0.2, 0.25) is 0 Å². The van der Waals surface area contributed by atoms with Gasteiger partial charge in [-0.3, -0.25) is 24.6 Å². The number of hydrogen-bond acceptors (Lipinski definition) is 12. The van der Waals surface area contributed by atoms with Crippen molar-refractivity contribution < 1.29 is 18.1 Å². The molecule has 1 unspecified atom stereocenters. The molecule has 2 N–H and O–H groups in total. The van der Waals surface area contributed by atoms with Gasteiger partial charge in [0.05, 0.1) is 28.5 Å². The topological polar surface area (TPSA) is 146 Å². The van der Waals surface area contributed by atoms with Crippen LogP contribution < -0.4 is 14.9 Å². The summed E-state index contributed by atoms with van der Waals surface area (Å²) in [5.74, 6) is 0.744. The fourth-order valence-corrected chi connectivity index (χ4v) is 10.1. The second-order valence-electron chi connectivity index (χ2n) is 15.6. The molecule has 2 fully saturated rings. The molecule has 2 saturated heterocycles. The number of hydrogen-bond donors (Lipinski definition) is 2. The van der Waals surface area contributed by atoms with E-state index in [1.165, 1.54) is 35.2 Å². The van der Waals surface area contributed by atoms with Crippen molar-refractivity contribution in [1.82, 2.24) is 19.8 Å². The van der Waals surface area contributed by atoms with E-state index < -0.39 is 14.9 Å². The highest BCUT2D eigenvalue weighted by Crippen LogP contribution is 2.33. The maximum Gasteiger partial charge on any atom is 0.293 e. The number of nitro groups is 1. The summed E-state index contributed by atoms with van der Waals surface area (Å²) in [4.78, 5) is 28.6. The Bertz CT molecular complexity index is 2610. The number of anilines is 3. The Balaban J connectivity index is 0.940. The van der Waals surface area contributed by atoms with Crippen molar-refractivity contribution in [3.63, 3.8) is 0 Å². The highest BCUT2D eigenvalue weighted by molar-refractivity contribution is 7.99. The number of thioether (sulfide) groups is 1. The fourth-order valence-electron chi connectivity index (χ4n) is 7.87. The normalized spacial score (nSPS) is 15.7. The van der Waals surface area contributed by atoms with Crippen molar-refractivity contribution in [2.24, 2.45) is 0 Å². The highest BCUT2D eigenvalue weighted by Gasteiger charge is 2.26. The predicted molar refractivity (Wildman–Crippen MR) is 249 cm³/mol. The zero-order valence-corrected chi connectivity index (χ0v) is 36.8. The van der Waals surface area contributed by atoms with Gasteiger partial charge < -0.3 is 15.0 Å². The minimum absolute atomic E-state index is 0.0864. The number of morpholine rings is 1. The first-order chi connectivity index (χ1) is 30.1. The average molecular weight is 894 g/mol. The molecule has 5 aromatic carbocycles. The van der Waals surface area contributed by atoms with E-state index in [1.807, 2.05) is 49.4 Å². The summed E-state index contributed by atoms with van der Waals surface area (Å²) >= 11 is 8.11. The SMILES string of the molecule is Cc1ccc(SCC(CCN2CCOCC2)Nc2ccc(S(=O)(=O)Nc3ncnc4cc(N5CCN(Cc6cc(Cl)ccc6-c6ccccc6)CC5)ccc34)cc2[N+](=O)[O-])cc1. The monoisotopic (exact) mass is 892 g/mol. The second-order valence-corrected chi connectivity index (χ2v) is 18.8. The molecule has 6 aromatic rings. The molecule has 0 radical (unpaired) electrons. The lowest BCUT2D eigenvalue weighted by Gasteiger charge is -2.36. The fraction of sp³-hybridized carbons (Fsp3) is 0.304.